The fraction of sp³-hybridized carbons (Fsp3) is 0.125. The monoisotopic (exact) mass is 356 g/mol. The lowest BCUT2D eigenvalue weighted by Crippen LogP contribution is -2.22. The van der Waals surface area contributed by atoms with Crippen LogP contribution in [0.25, 0.3) is 10.9 Å². The highest BCUT2D eigenvalue weighted by molar-refractivity contribution is 9.10. The van der Waals surface area contributed by atoms with Crippen molar-refractivity contribution in [1.29, 1.82) is 0 Å². The highest BCUT2D eigenvalue weighted by Gasteiger charge is 2.09. The molecule has 0 saturated carbocycles. The summed E-state index contributed by atoms with van der Waals surface area (Å²) in [6.45, 7) is 1.95. The minimum atomic E-state index is -0.173. The maximum absolute atomic E-state index is 12.7. The predicted octanol–water partition coefficient (Wildman–Crippen LogP) is 3.00. The van der Waals surface area contributed by atoms with Gasteiger partial charge in [0.05, 0.1) is 17.1 Å². The Hall–Kier alpha value is -2.34. The van der Waals surface area contributed by atoms with Crippen molar-refractivity contribution >= 4 is 33.0 Å². The van der Waals surface area contributed by atoms with Crippen molar-refractivity contribution in [2.45, 2.75) is 13.3 Å². The molecule has 6 heteroatoms. The predicted molar refractivity (Wildman–Crippen MR) is 90.3 cm³/mol. The molecule has 2 aromatic heterocycles. The van der Waals surface area contributed by atoms with Crippen molar-refractivity contribution in [1.82, 2.24) is 14.6 Å². The maximum atomic E-state index is 12.7. The summed E-state index contributed by atoms with van der Waals surface area (Å²) in [4.78, 5) is 21.1. The van der Waals surface area contributed by atoms with Crippen molar-refractivity contribution in [3.63, 3.8) is 0 Å². The van der Waals surface area contributed by atoms with Crippen LogP contribution in [0.15, 0.2) is 57.1 Å². The van der Waals surface area contributed by atoms with Crippen LogP contribution in [0.2, 0.25) is 0 Å². The molecule has 0 aliphatic rings. The number of rotatable bonds is 3. The van der Waals surface area contributed by atoms with E-state index in [-0.39, 0.29) is 5.56 Å². The van der Waals surface area contributed by atoms with Gasteiger partial charge in [0.15, 0.2) is 0 Å². The van der Waals surface area contributed by atoms with Gasteiger partial charge in [0.2, 0.25) is 0 Å². The third kappa shape index (κ3) is 2.82. The molecule has 0 aliphatic heterocycles. The standard InChI is InChI=1S/C16H13BrN4O/c1-2-15-20-14-4-3-12(17)9-13(14)16(22)21(15)19-10-11-5-7-18-8-6-11/h3-10H,2H2,1H3. The third-order valence-electron chi connectivity index (χ3n) is 3.22. The summed E-state index contributed by atoms with van der Waals surface area (Å²) in [6, 6.07) is 9.12. The zero-order chi connectivity index (χ0) is 15.5. The minimum absolute atomic E-state index is 0.173. The lowest BCUT2D eigenvalue weighted by Gasteiger charge is -2.07. The number of aromatic nitrogens is 3. The number of fused-ring (bicyclic) bond motifs is 1. The van der Waals surface area contributed by atoms with E-state index >= 15 is 0 Å². The van der Waals surface area contributed by atoms with Crippen LogP contribution in [0, 0.1) is 0 Å². The van der Waals surface area contributed by atoms with E-state index in [1.807, 2.05) is 31.2 Å². The minimum Gasteiger partial charge on any atom is -0.267 e. The molecule has 22 heavy (non-hydrogen) atoms. The number of benzene rings is 1. The third-order valence-corrected chi connectivity index (χ3v) is 3.71. The molecule has 0 spiro atoms. The number of hydrogen-bond donors (Lipinski definition) is 0. The average molecular weight is 357 g/mol. The summed E-state index contributed by atoms with van der Waals surface area (Å²) in [7, 11) is 0. The van der Waals surface area contributed by atoms with E-state index in [1.54, 1.807) is 24.7 Å². The van der Waals surface area contributed by atoms with E-state index in [2.05, 4.69) is 31.0 Å². The van der Waals surface area contributed by atoms with E-state index in [4.69, 9.17) is 0 Å². The Morgan fingerprint density at radius 1 is 1.27 bits per heavy atom. The second kappa shape index (κ2) is 6.19. The second-order valence-electron chi connectivity index (χ2n) is 4.69. The van der Waals surface area contributed by atoms with Crippen LogP contribution >= 0.6 is 15.9 Å². The number of hydrogen-bond acceptors (Lipinski definition) is 4. The van der Waals surface area contributed by atoms with Crippen LogP contribution in [0.1, 0.15) is 18.3 Å². The van der Waals surface area contributed by atoms with Gasteiger partial charge in [-0.25, -0.2) is 4.98 Å². The summed E-state index contributed by atoms with van der Waals surface area (Å²) in [5, 5.41) is 4.84. The highest BCUT2D eigenvalue weighted by Crippen LogP contribution is 2.16. The van der Waals surface area contributed by atoms with Crippen molar-refractivity contribution in [2.24, 2.45) is 5.10 Å². The van der Waals surface area contributed by atoms with Gasteiger partial charge in [-0.2, -0.15) is 9.78 Å². The molecule has 2 heterocycles. The van der Waals surface area contributed by atoms with Gasteiger partial charge in [-0.15, -0.1) is 0 Å². The molecule has 3 aromatic rings. The van der Waals surface area contributed by atoms with E-state index < -0.39 is 0 Å². The van der Waals surface area contributed by atoms with E-state index in [0.717, 1.165) is 10.0 Å². The zero-order valence-electron chi connectivity index (χ0n) is 11.9. The molecule has 0 aliphatic carbocycles. The molecule has 0 atom stereocenters. The lowest BCUT2D eigenvalue weighted by atomic mass is 10.2. The fourth-order valence-electron chi connectivity index (χ4n) is 2.12. The largest absolute Gasteiger partial charge is 0.282 e. The first-order valence-corrected chi connectivity index (χ1v) is 7.64. The van der Waals surface area contributed by atoms with Gasteiger partial charge in [0, 0.05) is 23.3 Å². The Morgan fingerprint density at radius 3 is 2.77 bits per heavy atom. The van der Waals surface area contributed by atoms with Gasteiger partial charge in [-0.3, -0.25) is 9.78 Å². The summed E-state index contributed by atoms with van der Waals surface area (Å²) >= 11 is 3.38. The second-order valence-corrected chi connectivity index (χ2v) is 5.60. The van der Waals surface area contributed by atoms with Crippen LogP contribution in [0.4, 0.5) is 0 Å². The van der Waals surface area contributed by atoms with Crippen LogP contribution in [0.5, 0.6) is 0 Å². The van der Waals surface area contributed by atoms with Crippen LogP contribution in [-0.4, -0.2) is 20.9 Å². The zero-order valence-corrected chi connectivity index (χ0v) is 13.5. The fourth-order valence-corrected chi connectivity index (χ4v) is 2.48. The van der Waals surface area contributed by atoms with Gasteiger partial charge in [0.25, 0.3) is 5.56 Å². The Balaban J connectivity index is 2.17. The molecule has 0 saturated heterocycles. The molecule has 0 fully saturated rings. The van der Waals surface area contributed by atoms with E-state index in [9.17, 15) is 4.79 Å². The molecule has 0 amide bonds. The average Bonchev–Trinajstić information content (AvgIpc) is 2.55. The normalized spacial score (nSPS) is 11.4. The Bertz CT molecular complexity index is 903. The molecular weight excluding hydrogens is 344 g/mol. The lowest BCUT2D eigenvalue weighted by molar-refractivity contribution is 0.734. The smallest absolute Gasteiger partial charge is 0.267 e. The Kier molecular flexibility index (Phi) is 4.11. The molecule has 0 radical (unpaired) electrons. The molecule has 1 aromatic carbocycles. The topological polar surface area (TPSA) is 60.1 Å². The Morgan fingerprint density at radius 2 is 2.05 bits per heavy atom. The number of aryl methyl sites for hydroxylation is 1. The molecule has 0 N–H and O–H groups in total. The molecule has 5 nitrogen and oxygen atoms in total. The number of halogens is 1. The van der Waals surface area contributed by atoms with Crippen LogP contribution in [-0.2, 0) is 6.42 Å². The van der Waals surface area contributed by atoms with E-state index in [1.165, 1.54) is 4.68 Å². The molecule has 3 rings (SSSR count). The van der Waals surface area contributed by atoms with E-state index in [0.29, 0.717) is 23.1 Å². The maximum Gasteiger partial charge on any atom is 0.282 e. The van der Waals surface area contributed by atoms with Crippen molar-refractivity contribution in [2.75, 3.05) is 0 Å². The van der Waals surface area contributed by atoms with Crippen molar-refractivity contribution in [3.05, 3.63) is 68.9 Å². The summed E-state index contributed by atoms with van der Waals surface area (Å²) in [5.41, 5.74) is 1.38. The first kappa shape index (κ1) is 14.6. The van der Waals surface area contributed by atoms with Gasteiger partial charge < -0.3 is 0 Å². The molecule has 0 bridgehead atoms. The molecular formula is C16H13BrN4O. The highest BCUT2D eigenvalue weighted by atomic mass is 79.9. The summed E-state index contributed by atoms with van der Waals surface area (Å²) in [5.74, 6) is 0.630. The SMILES string of the molecule is CCc1nc2ccc(Br)cc2c(=O)n1N=Cc1ccncc1. The first-order valence-electron chi connectivity index (χ1n) is 6.84. The summed E-state index contributed by atoms with van der Waals surface area (Å²) < 4.78 is 2.20. The molecule has 110 valence electrons. The Labute approximate surface area is 135 Å². The van der Waals surface area contributed by atoms with Crippen LogP contribution < -0.4 is 5.56 Å². The van der Waals surface area contributed by atoms with Crippen molar-refractivity contribution < 1.29 is 0 Å². The quantitative estimate of drug-likeness (QED) is 0.677. The molecule has 0 unspecified atom stereocenters. The number of nitrogens with zero attached hydrogens (tertiary/aromatic N) is 4. The van der Waals surface area contributed by atoms with Gasteiger partial charge >= 0.3 is 0 Å². The van der Waals surface area contributed by atoms with Gasteiger partial charge in [0.1, 0.15) is 5.82 Å². The first-order chi connectivity index (χ1) is 10.7. The van der Waals surface area contributed by atoms with Gasteiger partial charge in [-0.05, 0) is 35.9 Å². The van der Waals surface area contributed by atoms with Crippen molar-refractivity contribution in [3.8, 4) is 0 Å². The van der Waals surface area contributed by atoms with Gasteiger partial charge in [-0.1, -0.05) is 22.9 Å². The summed E-state index contributed by atoms with van der Waals surface area (Å²) in [6.07, 6.45) is 5.61. The van der Waals surface area contributed by atoms with Crippen LogP contribution in [0.3, 0.4) is 0 Å². The number of pyridine rings is 1.